The fourth-order valence-electron chi connectivity index (χ4n) is 2.88. The van der Waals surface area contributed by atoms with Crippen molar-refractivity contribution in [2.45, 2.75) is 38.9 Å². The highest BCUT2D eigenvalue weighted by Crippen LogP contribution is 2.21. The summed E-state index contributed by atoms with van der Waals surface area (Å²) in [4.78, 5) is 2.47. The van der Waals surface area contributed by atoms with Gasteiger partial charge in [0.05, 0.1) is 11.2 Å². The first-order valence-corrected chi connectivity index (χ1v) is 7.20. The van der Waals surface area contributed by atoms with E-state index in [0.717, 1.165) is 39.0 Å². The maximum Gasteiger partial charge on any atom is 0.0843 e. The minimum absolute atomic E-state index is 0.390. The lowest BCUT2D eigenvalue weighted by atomic mass is 10.1. The molecule has 102 valence electrons. The highest BCUT2D eigenvalue weighted by molar-refractivity contribution is 5.81. The molecule has 1 aliphatic heterocycles. The van der Waals surface area contributed by atoms with Crippen LogP contribution in [-0.2, 0) is 13.1 Å². The number of aromatic nitrogens is 2. The van der Waals surface area contributed by atoms with Crippen LogP contribution in [0, 0.1) is 0 Å². The summed E-state index contributed by atoms with van der Waals surface area (Å²) in [5, 5.41) is 6.06. The maximum atomic E-state index is 5.96. The van der Waals surface area contributed by atoms with Gasteiger partial charge in [0.15, 0.2) is 0 Å². The molecule has 0 aliphatic carbocycles. The Morgan fingerprint density at radius 3 is 2.74 bits per heavy atom. The number of para-hydroxylation sites is 1. The van der Waals surface area contributed by atoms with Crippen molar-refractivity contribution in [3.8, 4) is 0 Å². The van der Waals surface area contributed by atoms with Gasteiger partial charge in [0.1, 0.15) is 0 Å². The molecule has 2 heterocycles. The van der Waals surface area contributed by atoms with E-state index in [1.165, 1.54) is 16.6 Å². The number of hydrogen-bond acceptors (Lipinski definition) is 3. The third-order valence-electron chi connectivity index (χ3n) is 4.04. The summed E-state index contributed by atoms with van der Waals surface area (Å²) in [6.45, 7) is 6.19. The zero-order valence-electron chi connectivity index (χ0n) is 11.5. The third kappa shape index (κ3) is 2.51. The van der Waals surface area contributed by atoms with E-state index in [1.807, 2.05) is 0 Å². The molecule has 0 radical (unpaired) electrons. The molecular formula is C15H22N4. The first-order valence-electron chi connectivity index (χ1n) is 7.20. The van der Waals surface area contributed by atoms with Gasteiger partial charge in [-0.3, -0.25) is 9.58 Å². The minimum atomic E-state index is 0.390. The number of benzene rings is 1. The SMILES string of the molecule is CCn1nc(CN2CCC(N)CC2)c2ccccc21. The van der Waals surface area contributed by atoms with Crippen LogP contribution in [0.4, 0.5) is 0 Å². The second-order valence-electron chi connectivity index (χ2n) is 5.39. The van der Waals surface area contributed by atoms with Crippen molar-refractivity contribution in [2.75, 3.05) is 13.1 Å². The summed E-state index contributed by atoms with van der Waals surface area (Å²) in [6, 6.07) is 8.90. The van der Waals surface area contributed by atoms with Crippen LogP contribution in [0.15, 0.2) is 24.3 Å². The summed E-state index contributed by atoms with van der Waals surface area (Å²) >= 11 is 0. The lowest BCUT2D eigenvalue weighted by Crippen LogP contribution is -2.39. The van der Waals surface area contributed by atoms with E-state index in [9.17, 15) is 0 Å². The molecule has 1 aromatic carbocycles. The molecule has 0 unspecified atom stereocenters. The number of piperidine rings is 1. The monoisotopic (exact) mass is 258 g/mol. The van der Waals surface area contributed by atoms with Crippen molar-refractivity contribution < 1.29 is 0 Å². The second kappa shape index (κ2) is 5.31. The molecule has 0 atom stereocenters. The fourth-order valence-corrected chi connectivity index (χ4v) is 2.88. The van der Waals surface area contributed by atoms with E-state index >= 15 is 0 Å². The Morgan fingerprint density at radius 2 is 2.00 bits per heavy atom. The Bertz CT molecular complexity index is 552. The van der Waals surface area contributed by atoms with Crippen molar-refractivity contribution in [1.29, 1.82) is 0 Å². The van der Waals surface area contributed by atoms with Gasteiger partial charge in [0.2, 0.25) is 0 Å². The topological polar surface area (TPSA) is 47.1 Å². The van der Waals surface area contributed by atoms with E-state index in [4.69, 9.17) is 10.8 Å². The molecule has 2 N–H and O–H groups in total. The molecule has 0 amide bonds. The lowest BCUT2D eigenvalue weighted by molar-refractivity contribution is 0.203. The van der Waals surface area contributed by atoms with Gasteiger partial charge < -0.3 is 5.73 Å². The highest BCUT2D eigenvalue weighted by Gasteiger charge is 2.18. The molecule has 4 heteroatoms. The van der Waals surface area contributed by atoms with Crippen molar-refractivity contribution in [3.05, 3.63) is 30.0 Å². The van der Waals surface area contributed by atoms with Gasteiger partial charge in [-0.15, -0.1) is 0 Å². The van der Waals surface area contributed by atoms with Gasteiger partial charge >= 0.3 is 0 Å². The highest BCUT2D eigenvalue weighted by atomic mass is 15.3. The average Bonchev–Trinajstić information content (AvgIpc) is 2.80. The van der Waals surface area contributed by atoms with Crippen LogP contribution in [-0.4, -0.2) is 33.8 Å². The van der Waals surface area contributed by atoms with E-state index in [2.05, 4.69) is 40.8 Å². The molecule has 1 saturated heterocycles. The van der Waals surface area contributed by atoms with Gasteiger partial charge in [-0.05, 0) is 25.8 Å². The molecule has 0 bridgehead atoms. The van der Waals surface area contributed by atoms with E-state index in [-0.39, 0.29) is 0 Å². The first-order chi connectivity index (χ1) is 9.28. The zero-order chi connectivity index (χ0) is 13.2. The number of nitrogens with two attached hydrogens (primary N) is 1. The van der Waals surface area contributed by atoms with E-state index in [0.29, 0.717) is 6.04 Å². The Morgan fingerprint density at radius 1 is 1.26 bits per heavy atom. The van der Waals surface area contributed by atoms with E-state index < -0.39 is 0 Å². The van der Waals surface area contributed by atoms with Gasteiger partial charge in [-0.25, -0.2) is 0 Å². The van der Waals surface area contributed by atoms with Crippen LogP contribution in [0.25, 0.3) is 10.9 Å². The van der Waals surface area contributed by atoms with Crippen LogP contribution in [0.2, 0.25) is 0 Å². The van der Waals surface area contributed by atoms with Crippen LogP contribution < -0.4 is 5.73 Å². The predicted molar refractivity (Wildman–Crippen MR) is 77.9 cm³/mol. The summed E-state index contributed by atoms with van der Waals surface area (Å²) in [6.07, 6.45) is 2.21. The van der Waals surface area contributed by atoms with Crippen LogP contribution >= 0.6 is 0 Å². The van der Waals surface area contributed by atoms with Gasteiger partial charge in [0, 0.05) is 37.6 Å². The number of rotatable bonds is 3. The Kier molecular flexibility index (Phi) is 3.53. The van der Waals surface area contributed by atoms with Gasteiger partial charge in [-0.2, -0.15) is 5.10 Å². The molecule has 3 rings (SSSR count). The van der Waals surface area contributed by atoms with Crippen molar-refractivity contribution >= 4 is 10.9 Å². The molecule has 4 nitrogen and oxygen atoms in total. The molecule has 1 aromatic heterocycles. The quantitative estimate of drug-likeness (QED) is 0.915. The zero-order valence-corrected chi connectivity index (χ0v) is 11.5. The number of fused-ring (bicyclic) bond motifs is 1. The molecule has 2 aromatic rings. The molecule has 19 heavy (non-hydrogen) atoms. The maximum absolute atomic E-state index is 5.96. The second-order valence-corrected chi connectivity index (χ2v) is 5.39. The smallest absolute Gasteiger partial charge is 0.0843 e. The standard InChI is InChI=1S/C15H22N4/c1-2-19-15-6-4-3-5-13(15)14(17-19)11-18-9-7-12(16)8-10-18/h3-6,12H,2,7-11,16H2,1H3. The third-order valence-corrected chi connectivity index (χ3v) is 4.04. The number of nitrogens with zero attached hydrogens (tertiary/aromatic N) is 3. The summed E-state index contributed by atoms with van der Waals surface area (Å²) in [7, 11) is 0. The first kappa shape index (κ1) is 12.6. The van der Waals surface area contributed by atoms with Crippen LogP contribution in [0.3, 0.4) is 0 Å². The minimum Gasteiger partial charge on any atom is -0.328 e. The number of hydrogen-bond donors (Lipinski definition) is 1. The van der Waals surface area contributed by atoms with Gasteiger partial charge in [-0.1, -0.05) is 18.2 Å². The molecular weight excluding hydrogens is 236 g/mol. The Labute approximate surface area is 114 Å². The average molecular weight is 258 g/mol. The van der Waals surface area contributed by atoms with Crippen molar-refractivity contribution in [1.82, 2.24) is 14.7 Å². The number of likely N-dealkylation sites (tertiary alicyclic amines) is 1. The summed E-state index contributed by atoms with van der Waals surface area (Å²) < 4.78 is 2.10. The molecule has 1 fully saturated rings. The van der Waals surface area contributed by atoms with Gasteiger partial charge in [0.25, 0.3) is 0 Å². The Hall–Kier alpha value is -1.39. The summed E-state index contributed by atoms with van der Waals surface area (Å²) in [5.74, 6) is 0. The summed E-state index contributed by atoms with van der Waals surface area (Å²) in [5.41, 5.74) is 8.41. The predicted octanol–water partition coefficient (Wildman–Crippen LogP) is 1.98. The van der Waals surface area contributed by atoms with E-state index in [1.54, 1.807) is 0 Å². The largest absolute Gasteiger partial charge is 0.328 e. The number of aryl methyl sites for hydroxylation is 1. The normalized spacial score (nSPS) is 18.2. The molecule has 0 spiro atoms. The molecule has 0 saturated carbocycles. The lowest BCUT2D eigenvalue weighted by Gasteiger charge is -2.29. The fraction of sp³-hybridized carbons (Fsp3) is 0.533. The van der Waals surface area contributed by atoms with Crippen molar-refractivity contribution in [2.24, 2.45) is 5.73 Å². The Balaban J connectivity index is 1.84. The molecule has 1 aliphatic rings. The van der Waals surface area contributed by atoms with Crippen molar-refractivity contribution in [3.63, 3.8) is 0 Å². The van der Waals surface area contributed by atoms with Crippen LogP contribution in [0.1, 0.15) is 25.5 Å². The van der Waals surface area contributed by atoms with Crippen LogP contribution in [0.5, 0.6) is 0 Å².